The van der Waals surface area contributed by atoms with Crippen LogP contribution in [0.1, 0.15) is 23.4 Å². The van der Waals surface area contributed by atoms with Crippen molar-refractivity contribution in [3.63, 3.8) is 0 Å². The van der Waals surface area contributed by atoms with Gasteiger partial charge in [-0.25, -0.2) is 18.2 Å². The normalized spacial score (nSPS) is 12.8. The van der Waals surface area contributed by atoms with Crippen molar-refractivity contribution < 1.29 is 21.6 Å². The van der Waals surface area contributed by atoms with E-state index < -0.39 is 28.2 Å². The average molecular weight is 496 g/mol. The minimum absolute atomic E-state index is 0.0219. The number of alkyl halides is 3. The highest BCUT2D eigenvalue weighted by Gasteiger charge is 2.31. The van der Waals surface area contributed by atoms with E-state index in [2.05, 4.69) is 9.97 Å². The van der Waals surface area contributed by atoms with Gasteiger partial charge in [0.25, 0.3) is 0 Å². The first-order valence-electron chi connectivity index (χ1n) is 10.6. The van der Waals surface area contributed by atoms with Gasteiger partial charge >= 0.3 is 11.9 Å². The molecule has 0 saturated carbocycles. The van der Waals surface area contributed by atoms with E-state index in [1.165, 1.54) is 17.0 Å². The lowest BCUT2D eigenvalue weighted by Crippen LogP contribution is -2.30. The van der Waals surface area contributed by atoms with Crippen LogP contribution in [0, 0.1) is 13.8 Å². The molecule has 0 aliphatic heterocycles. The summed E-state index contributed by atoms with van der Waals surface area (Å²) in [5.74, 6) is 0.426. The summed E-state index contributed by atoms with van der Waals surface area (Å²) >= 11 is 0. The smallest absolute Gasteiger partial charge is 0.326 e. The number of fused-ring (bicyclic) bond motifs is 2. The summed E-state index contributed by atoms with van der Waals surface area (Å²) in [5, 5.41) is 0. The number of aryl methyl sites for hydroxylation is 3. The van der Waals surface area contributed by atoms with Gasteiger partial charge in [-0.3, -0.25) is 14.1 Å². The highest BCUT2D eigenvalue weighted by molar-refractivity contribution is 7.90. The Morgan fingerprint density at radius 3 is 2.44 bits per heavy atom. The Morgan fingerprint density at radius 1 is 1.03 bits per heavy atom. The minimum atomic E-state index is -4.57. The number of nitrogens with zero attached hydrogens (tertiary/aromatic N) is 5. The molecule has 0 saturated heterocycles. The number of halogens is 3. The second-order valence-electron chi connectivity index (χ2n) is 8.55. The van der Waals surface area contributed by atoms with Gasteiger partial charge in [0.2, 0.25) is 0 Å². The van der Waals surface area contributed by atoms with E-state index in [4.69, 9.17) is 0 Å². The molecule has 4 rings (SSSR count). The lowest BCUT2D eigenvalue weighted by Gasteiger charge is -2.10. The van der Waals surface area contributed by atoms with Gasteiger partial charge in [0, 0.05) is 19.0 Å². The zero-order valence-corrected chi connectivity index (χ0v) is 19.7. The third-order valence-corrected chi connectivity index (χ3v) is 6.65. The maximum absolute atomic E-state index is 13.2. The average Bonchev–Trinajstić information content (AvgIpc) is 3.16. The van der Waals surface area contributed by atoms with Crippen molar-refractivity contribution >= 4 is 31.9 Å². The van der Waals surface area contributed by atoms with Gasteiger partial charge < -0.3 is 4.57 Å². The molecule has 0 bridgehead atoms. The summed E-state index contributed by atoms with van der Waals surface area (Å²) in [4.78, 5) is 21.8. The van der Waals surface area contributed by atoms with Crippen LogP contribution in [0.15, 0.2) is 35.4 Å². The van der Waals surface area contributed by atoms with Crippen LogP contribution < -0.4 is 5.69 Å². The Hall–Kier alpha value is -3.15. The van der Waals surface area contributed by atoms with Gasteiger partial charge in [0.05, 0.1) is 40.6 Å². The van der Waals surface area contributed by atoms with Crippen LogP contribution in [0.25, 0.3) is 22.1 Å². The Morgan fingerprint density at radius 2 is 1.76 bits per heavy atom. The monoisotopic (exact) mass is 495 g/mol. The highest BCUT2D eigenvalue weighted by atomic mass is 32.2. The number of aromatic nitrogens is 5. The number of pyridine rings is 1. The van der Waals surface area contributed by atoms with Crippen LogP contribution in [0.2, 0.25) is 0 Å². The minimum Gasteiger partial charge on any atom is -0.326 e. The first-order valence-corrected chi connectivity index (χ1v) is 12.6. The zero-order valence-electron chi connectivity index (χ0n) is 18.9. The number of rotatable bonds is 7. The van der Waals surface area contributed by atoms with Crippen molar-refractivity contribution in [2.45, 2.75) is 46.1 Å². The second-order valence-corrected chi connectivity index (χ2v) is 10.8. The molecule has 0 aliphatic rings. The predicted octanol–water partition coefficient (Wildman–Crippen LogP) is 3.21. The standard InChI is InChI=1S/C22H24F3N5O3S/c1-14-5-6-17-16(9-14)27-19(28(17)7-4-8-34(3,32)33)12-29-18-11-26-10-15(2)20(18)30(21(29)31)13-22(23,24)25/h5-6,9-11H,4,7-8,12-13H2,1-3H3. The molecular formula is C22H24F3N5O3S. The molecule has 34 heavy (non-hydrogen) atoms. The highest BCUT2D eigenvalue weighted by Crippen LogP contribution is 2.24. The maximum Gasteiger partial charge on any atom is 0.406 e. The summed E-state index contributed by atoms with van der Waals surface area (Å²) < 4.78 is 66.7. The molecule has 0 spiro atoms. The molecule has 1 aromatic carbocycles. The lowest BCUT2D eigenvalue weighted by molar-refractivity contribution is -0.140. The predicted molar refractivity (Wildman–Crippen MR) is 123 cm³/mol. The van der Waals surface area contributed by atoms with Crippen LogP contribution in [0.4, 0.5) is 13.2 Å². The molecular weight excluding hydrogens is 471 g/mol. The Bertz CT molecular complexity index is 1550. The molecule has 0 radical (unpaired) electrons. The SMILES string of the molecule is Cc1ccc2c(c1)nc(Cn1c(=O)n(CC(F)(F)F)c3c(C)cncc31)n2CCCS(C)(=O)=O. The van der Waals surface area contributed by atoms with Gasteiger partial charge in [0.1, 0.15) is 22.2 Å². The number of sulfone groups is 1. The van der Waals surface area contributed by atoms with Crippen LogP contribution in [-0.4, -0.2) is 50.3 Å². The van der Waals surface area contributed by atoms with Gasteiger partial charge in [-0.15, -0.1) is 0 Å². The summed E-state index contributed by atoms with van der Waals surface area (Å²) in [7, 11) is -3.17. The largest absolute Gasteiger partial charge is 0.406 e. The van der Waals surface area contributed by atoms with Crippen molar-refractivity contribution in [1.29, 1.82) is 0 Å². The molecule has 0 N–H and O–H groups in total. The molecule has 3 heterocycles. The Labute approximate surface area is 193 Å². The number of hydrogen-bond donors (Lipinski definition) is 0. The quantitative estimate of drug-likeness (QED) is 0.393. The third kappa shape index (κ3) is 4.86. The van der Waals surface area contributed by atoms with Gasteiger partial charge in [-0.05, 0) is 43.5 Å². The van der Waals surface area contributed by atoms with Crippen LogP contribution in [-0.2, 0) is 29.5 Å². The fraction of sp³-hybridized carbons (Fsp3) is 0.409. The molecule has 4 aromatic rings. The van der Waals surface area contributed by atoms with E-state index >= 15 is 0 Å². The fourth-order valence-corrected chi connectivity index (χ4v) is 4.86. The second kappa shape index (κ2) is 8.57. The van der Waals surface area contributed by atoms with Crippen LogP contribution in [0.3, 0.4) is 0 Å². The molecule has 12 heteroatoms. The summed E-state index contributed by atoms with van der Waals surface area (Å²) in [6, 6.07) is 5.63. The van der Waals surface area contributed by atoms with E-state index in [0.29, 0.717) is 34.4 Å². The maximum atomic E-state index is 13.2. The van der Waals surface area contributed by atoms with E-state index in [0.717, 1.165) is 17.3 Å². The number of hydrogen-bond acceptors (Lipinski definition) is 5. The van der Waals surface area contributed by atoms with Gasteiger partial charge in [0.15, 0.2) is 0 Å². The molecule has 3 aromatic heterocycles. The molecule has 0 aliphatic carbocycles. The number of benzene rings is 1. The van der Waals surface area contributed by atoms with Crippen molar-refractivity contribution in [3.8, 4) is 0 Å². The molecule has 8 nitrogen and oxygen atoms in total. The molecule has 0 amide bonds. The zero-order chi connectivity index (χ0) is 24.8. The third-order valence-electron chi connectivity index (χ3n) is 5.62. The first kappa shape index (κ1) is 24.0. The van der Waals surface area contributed by atoms with Crippen LogP contribution in [0.5, 0.6) is 0 Å². The van der Waals surface area contributed by atoms with E-state index in [1.807, 2.05) is 29.7 Å². The first-order chi connectivity index (χ1) is 15.8. The Balaban J connectivity index is 1.85. The Kier molecular flexibility index (Phi) is 6.05. The summed E-state index contributed by atoms with van der Waals surface area (Å²) in [5.41, 5.74) is 2.49. The topological polar surface area (TPSA) is 91.8 Å². The van der Waals surface area contributed by atoms with Gasteiger partial charge in [-0.2, -0.15) is 13.2 Å². The van der Waals surface area contributed by atoms with E-state index in [9.17, 15) is 26.4 Å². The number of imidazole rings is 2. The summed E-state index contributed by atoms with van der Waals surface area (Å²) in [6.07, 6.45) is -0.293. The molecule has 0 atom stereocenters. The van der Waals surface area contributed by atoms with Crippen LogP contribution >= 0.6 is 0 Å². The van der Waals surface area contributed by atoms with Crippen molar-refractivity contribution in [3.05, 3.63) is 58.0 Å². The van der Waals surface area contributed by atoms with Gasteiger partial charge in [-0.1, -0.05) is 6.07 Å². The van der Waals surface area contributed by atoms with E-state index in [-0.39, 0.29) is 23.3 Å². The van der Waals surface area contributed by atoms with Crippen molar-refractivity contribution in [1.82, 2.24) is 23.7 Å². The lowest BCUT2D eigenvalue weighted by atomic mass is 10.2. The van der Waals surface area contributed by atoms with E-state index in [1.54, 1.807) is 6.92 Å². The molecule has 0 fully saturated rings. The molecule has 182 valence electrons. The molecule has 0 unspecified atom stereocenters. The summed E-state index contributed by atoms with van der Waals surface area (Å²) in [6.45, 7) is 2.35. The fourth-order valence-electron chi connectivity index (χ4n) is 4.20. The van der Waals surface area contributed by atoms with Crippen molar-refractivity contribution in [2.24, 2.45) is 0 Å². The van der Waals surface area contributed by atoms with Crippen molar-refractivity contribution in [2.75, 3.05) is 12.0 Å².